The van der Waals surface area contributed by atoms with Gasteiger partial charge in [0, 0.05) is 10.6 Å². The second-order valence-corrected chi connectivity index (χ2v) is 6.02. The third-order valence-corrected chi connectivity index (χ3v) is 3.35. The molecule has 0 heterocycles. The van der Waals surface area contributed by atoms with Crippen molar-refractivity contribution in [2.24, 2.45) is 11.7 Å². The van der Waals surface area contributed by atoms with E-state index in [-0.39, 0.29) is 5.91 Å². The van der Waals surface area contributed by atoms with Crippen molar-refractivity contribution in [1.82, 2.24) is 0 Å². The molecule has 3 nitrogen and oxygen atoms in total. The molecule has 1 amide bonds. The molecule has 0 saturated carbocycles. The van der Waals surface area contributed by atoms with Crippen molar-refractivity contribution in [1.29, 1.82) is 0 Å². The molecule has 0 bridgehead atoms. The highest BCUT2D eigenvalue weighted by atomic mass is 32.2. The van der Waals surface area contributed by atoms with Crippen molar-refractivity contribution in [2.75, 3.05) is 11.1 Å². The van der Waals surface area contributed by atoms with E-state index >= 15 is 0 Å². The first-order chi connectivity index (χ1) is 8.52. The molecule has 1 aromatic rings. The van der Waals surface area contributed by atoms with Crippen molar-refractivity contribution in [3.05, 3.63) is 24.3 Å². The Labute approximate surface area is 114 Å². The normalized spacial score (nSPS) is 12.5. The van der Waals surface area contributed by atoms with Crippen LogP contribution >= 0.6 is 11.8 Å². The molecule has 0 saturated heterocycles. The summed E-state index contributed by atoms with van der Waals surface area (Å²) in [5, 5.41) is 2.87. The number of hydrogen-bond acceptors (Lipinski definition) is 3. The molecule has 100 valence electrons. The molecule has 0 aliphatic rings. The summed E-state index contributed by atoms with van der Waals surface area (Å²) in [6, 6.07) is 7.42. The predicted octanol–water partition coefficient (Wildman–Crippen LogP) is 3.11. The lowest BCUT2D eigenvalue weighted by Gasteiger charge is -2.14. The summed E-state index contributed by atoms with van der Waals surface area (Å²) in [6.45, 7) is 6.23. The van der Waals surface area contributed by atoms with Crippen LogP contribution in [0, 0.1) is 5.92 Å². The van der Waals surface area contributed by atoms with Crippen LogP contribution in [-0.4, -0.2) is 17.7 Å². The third-order valence-electron chi connectivity index (χ3n) is 2.47. The first-order valence-corrected chi connectivity index (χ1v) is 7.30. The highest BCUT2D eigenvalue weighted by molar-refractivity contribution is 7.99. The van der Waals surface area contributed by atoms with Crippen LogP contribution in [0.4, 0.5) is 5.69 Å². The van der Waals surface area contributed by atoms with Gasteiger partial charge >= 0.3 is 0 Å². The highest BCUT2D eigenvalue weighted by Crippen LogP contribution is 2.21. The van der Waals surface area contributed by atoms with Gasteiger partial charge in [-0.05, 0) is 36.3 Å². The Bertz CT molecular complexity index is 393. The molecule has 0 radical (unpaired) electrons. The Kier molecular flexibility index (Phi) is 6.22. The van der Waals surface area contributed by atoms with Crippen LogP contribution < -0.4 is 11.1 Å². The van der Waals surface area contributed by atoms with Gasteiger partial charge in [-0.2, -0.15) is 0 Å². The van der Waals surface area contributed by atoms with Crippen LogP contribution in [0.3, 0.4) is 0 Å². The molecule has 0 spiro atoms. The maximum absolute atomic E-state index is 11.9. The Morgan fingerprint density at radius 3 is 2.78 bits per heavy atom. The van der Waals surface area contributed by atoms with E-state index in [1.165, 1.54) is 0 Å². The SMILES string of the molecule is CCSc1cccc(NC(=O)[C@@H](N)CC(C)C)c1. The highest BCUT2D eigenvalue weighted by Gasteiger charge is 2.14. The molecule has 0 unspecified atom stereocenters. The lowest BCUT2D eigenvalue weighted by molar-refractivity contribution is -0.117. The van der Waals surface area contributed by atoms with E-state index in [2.05, 4.69) is 26.1 Å². The molecular weight excluding hydrogens is 244 g/mol. The number of hydrogen-bond donors (Lipinski definition) is 2. The molecule has 18 heavy (non-hydrogen) atoms. The lowest BCUT2D eigenvalue weighted by atomic mass is 10.0. The minimum absolute atomic E-state index is 0.109. The first kappa shape index (κ1) is 15.1. The third kappa shape index (κ3) is 5.10. The summed E-state index contributed by atoms with van der Waals surface area (Å²) in [5.41, 5.74) is 6.66. The summed E-state index contributed by atoms with van der Waals surface area (Å²) < 4.78 is 0. The van der Waals surface area contributed by atoms with Gasteiger partial charge < -0.3 is 11.1 Å². The number of amides is 1. The standard InChI is InChI=1S/C14H22N2OS/c1-4-18-12-7-5-6-11(9-12)16-14(17)13(15)8-10(2)3/h5-7,9-10,13H,4,8,15H2,1-3H3,(H,16,17)/t13-/m0/s1. The molecule has 0 fully saturated rings. The number of carbonyl (C=O) groups excluding carboxylic acids is 1. The number of rotatable bonds is 6. The van der Waals surface area contributed by atoms with Crippen LogP contribution in [0.15, 0.2) is 29.2 Å². The lowest BCUT2D eigenvalue weighted by Crippen LogP contribution is -2.36. The summed E-state index contributed by atoms with van der Waals surface area (Å²) in [6.07, 6.45) is 0.704. The largest absolute Gasteiger partial charge is 0.325 e. The van der Waals surface area contributed by atoms with Gasteiger partial charge in [-0.15, -0.1) is 11.8 Å². The number of nitrogens with two attached hydrogens (primary N) is 1. The van der Waals surface area contributed by atoms with Crippen LogP contribution in [0.2, 0.25) is 0 Å². The van der Waals surface area contributed by atoms with Crippen molar-refractivity contribution >= 4 is 23.4 Å². The topological polar surface area (TPSA) is 55.1 Å². The first-order valence-electron chi connectivity index (χ1n) is 6.32. The van der Waals surface area contributed by atoms with Crippen molar-refractivity contribution in [2.45, 2.75) is 38.1 Å². The summed E-state index contributed by atoms with van der Waals surface area (Å²) in [4.78, 5) is 13.0. The molecule has 1 rings (SSSR count). The Morgan fingerprint density at radius 1 is 1.44 bits per heavy atom. The molecule has 1 atom stereocenters. The average Bonchev–Trinajstić information content (AvgIpc) is 2.29. The van der Waals surface area contributed by atoms with E-state index in [1.807, 2.05) is 24.3 Å². The molecule has 0 aromatic heterocycles. The number of anilines is 1. The number of carbonyl (C=O) groups is 1. The van der Waals surface area contributed by atoms with Gasteiger partial charge in [-0.25, -0.2) is 0 Å². The van der Waals surface area contributed by atoms with E-state index in [0.29, 0.717) is 12.3 Å². The van der Waals surface area contributed by atoms with Crippen LogP contribution in [0.5, 0.6) is 0 Å². The van der Waals surface area contributed by atoms with Gasteiger partial charge in [0.15, 0.2) is 0 Å². The van der Waals surface area contributed by atoms with Crippen LogP contribution in [0.25, 0.3) is 0 Å². The van der Waals surface area contributed by atoms with E-state index in [9.17, 15) is 4.79 Å². The fourth-order valence-electron chi connectivity index (χ4n) is 1.68. The fourth-order valence-corrected chi connectivity index (χ4v) is 2.40. The minimum Gasteiger partial charge on any atom is -0.325 e. The second kappa shape index (κ2) is 7.44. The van der Waals surface area contributed by atoms with Crippen molar-refractivity contribution < 1.29 is 4.79 Å². The molecule has 4 heteroatoms. The van der Waals surface area contributed by atoms with Crippen LogP contribution in [0.1, 0.15) is 27.2 Å². The predicted molar refractivity (Wildman–Crippen MR) is 78.9 cm³/mol. The zero-order chi connectivity index (χ0) is 13.5. The van der Waals surface area contributed by atoms with E-state index < -0.39 is 6.04 Å². The smallest absolute Gasteiger partial charge is 0.241 e. The average molecular weight is 266 g/mol. The van der Waals surface area contributed by atoms with E-state index in [1.54, 1.807) is 11.8 Å². The summed E-state index contributed by atoms with van der Waals surface area (Å²) in [7, 11) is 0. The molecule has 0 aliphatic heterocycles. The molecule has 3 N–H and O–H groups in total. The fraction of sp³-hybridized carbons (Fsp3) is 0.500. The molecule has 0 aliphatic carbocycles. The number of nitrogens with one attached hydrogen (secondary N) is 1. The number of thioether (sulfide) groups is 1. The Hall–Kier alpha value is -1.00. The van der Waals surface area contributed by atoms with E-state index in [0.717, 1.165) is 16.3 Å². The van der Waals surface area contributed by atoms with Gasteiger partial charge in [-0.3, -0.25) is 4.79 Å². The summed E-state index contributed by atoms with van der Waals surface area (Å²) >= 11 is 1.75. The zero-order valence-corrected chi connectivity index (χ0v) is 12.1. The van der Waals surface area contributed by atoms with Gasteiger partial charge in [0.05, 0.1) is 6.04 Å². The number of benzene rings is 1. The van der Waals surface area contributed by atoms with Crippen molar-refractivity contribution in [3.8, 4) is 0 Å². The maximum Gasteiger partial charge on any atom is 0.241 e. The Balaban J connectivity index is 2.61. The van der Waals surface area contributed by atoms with Gasteiger partial charge in [0.1, 0.15) is 0 Å². The van der Waals surface area contributed by atoms with Gasteiger partial charge in [0.2, 0.25) is 5.91 Å². The van der Waals surface area contributed by atoms with Crippen LogP contribution in [-0.2, 0) is 4.79 Å². The molecule has 1 aromatic carbocycles. The second-order valence-electron chi connectivity index (χ2n) is 4.69. The molecular formula is C14H22N2OS. The van der Waals surface area contributed by atoms with Gasteiger partial charge in [0.25, 0.3) is 0 Å². The Morgan fingerprint density at radius 2 is 2.17 bits per heavy atom. The van der Waals surface area contributed by atoms with Crippen molar-refractivity contribution in [3.63, 3.8) is 0 Å². The zero-order valence-electron chi connectivity index (χ0n) is 11.3. The quantitative estimate of drug-likeness (QED) is 0.778. The maximum atomic E-state index is 11.9. The van der Waals surface area contributed by atoms with E-state index in [4.69, 9.17) is 5.73 Å². The van der Waals surface area contributed by atoms with Gasteiger partial charge in [-0.1, -0.05) is 26.8 Å². The summed E-state index contributed by atoms with van der Waals surface area (Å²) in [5.74, 6) is 1.33. The minimum atomic E-state index is -0.438. The monoisotopic (exact) mass is 266 g/mol.